The van der Waals surface area contributed by atoms with Gasteiger partial charge in [0.15, 0.2) is 0 Å². The van der Waals surface area contributed by atoms with Gasteiger partial charge in [0.1, 0.15) is 5.82 Å². The van der Waals surface area contributed by atoms with Crippen molar-refractivity contribution in [3.63, 3.8) is 0 Å². The van der Waals surface area contributed by atoms with E-state index in [-0.39, 0.29) is 12.4 Å². The van der Waals surface area contributed by atoms with Crippen LogP contribution in [0.25, 0.3) is 0 Å². The first-order valence-corrected chi connectivity index (χ1v) is 5.65. The molecule has 0 saturated heterocycles. The quantitative estimate of drug-likeness (QED) is 0.836. The number of hydrogen-bond acceptors (Lipinski definition) is 2. The highest BCUT2D eigenvalue weighted by molar-refractivity contribution is 5.38. The summed E-state index contributed by atoms with van der Waals surface area (Å²) >= 11 is 0. The summed E-state index contributed by atoms with van der Waals surface area (Å²) in [4.78, 5) is 0. The van der Waals surface area contributed by atoms with Crippen molar-refractivity contribution in [2.24, 2.45) is 0 Å². The highest BCUT2D eigenvalue weighted by Gasteiger charge is 2.02. The third-order valence-corrected chi connectivity index (χ3v) is 2.39. The SMILES string of the molecule is OCCC#Cc1cc(Cn2cccn2)ccc1F. The topological polar surface area (TPSA) is 38.0 Å². The predicted molar refractivity (Wildman–Crippen MR) is 66.3 cm³/mol. The predicted octanol–water partition coefficient (Wildman–Crippen LogP) is 1.80. The molecule has 18 heavy (non-hydrogen) atoms. The maximum Gasteiger partial charge on any atom is 0.138 e. The Morgan fingerprint density at radius 3 is 3.00 bits per heavy atom. The first kappa shape index (κ1) is 12.3. The van der Waals surface area contributed by atoms with Crippen LogP contribution >= 0.6 is 0 Å². The zero-order valence-electron chi connectivity index (χ0n) is 9.81. The molecule has 0 atom stereocenters. The molecule has 0 radical (unpaired) electrons. The Bertz CT molecular complexity index is 567. The Hall–Kier alpha value is -2.12. The number of rotatable bonds is 3. The van der Waals surface area contributed by atoms with Gasteiger partial charge in [-0.1, -0.05) is 17.9 Å². The van der Waals surface area contributed by atoms with Crippen molar-refractivity contribution in [1.29, 1.82) is 0 Å². The highest BCUT2D eigenvalue weighted by atomic mass is 19.1. The summed E-state index contributed by atoms with van der Waals surface area (Å²) in [6.07, 6.45) is 3.90. The van der Waals surface area contributed by atoms with E-state index >= 15 is 0 Å². The van der Waals surface area contributed by atoms with Gasteiger partial charge in [0, 0.05) is 18.8 Å². The minimum atomic E-state index is -0.343. The van der Waals surface area contributed by atoms with Gasteiger partial charge in [-0.05, 0) is 23.8 Å². The van der Waals surface area contributed by atoms with Crippen LogP contribution in [0.2, 0.25) is 0 Å². The van der Waals surface area contributed by atoms with E-state index in [1.165, 1.54) is 6.07 Å². The summed E-state index contributed by atoms with van der Waals surface area (Å²) in [7, 11) is 0. The molecule has 0 bridgehead atoms. The van der Waals surface area contributed by atoms with Gasteiger partial charge in [0.05, 0.1) is 18.7 Å². The van der Waals surface area contributed by atoms with Gasteiger partial charge in [0.25, 0.3) is 0 Å². The number of aliphatic hydroxyl groups is 1. The number of aromatic nitrogens is 2. The molecule has 1 aromatic heterocycles. The van der Waals surface area contributed by atoms with Gasteiger partial charge in [-0.2, -0.15) is 5.10 Å². The molecule has 0 aliphatic carbocycles. The van der Waals surface area contributed by atoms with Gasteiger partial charge in [0.2, 0.25) is 0 Å². The standard InChI is InChI=1S/C14H13FN2O/c15-14-6-5-12(11-17-8-3-7-16-17)10-13(14)4-1-2-9-18/h3,5-8,10,18H,2,9,11H2. The Morgan fingerprint density at radius 1 is 1.39 bits per heavy atom. The molecular formula is C14H13FN2O. The second kappa shape index (κ2) is 5.99. The molecule has 1 aromatic carbocycles. The van der Waals surface area contributed by atoms with E-state index in [1.807, 2.05) is 12.3 Å². The van der Waals surface area contributed by atoms with E-state index in [0.717, 1.165) is 5.56 Å². The maximum atomic E-state index is 13.5. The van der Waals surface area contributed by atoms with Crippen LogP contribution in [0.15, 0.2) is 36.7 Å². The summed E-state index contributed by atoms with van der Waals surface area (Å²) < 4.78 is 15.3. The minimum absolute atomic E-state index is 0.0123. The Balaban J connectivity index is 2.19. The molecule has 1 heterocycles. The molecule has 0 aliphatic rings. The summed E-state index contributed by atoms with van der Waals surface area (Å²) in [5.74, 6) is 5.09. The van der Waals surface area contributed by atoms with E-state index in [2.05, 4.69) is 16.9 Å². The Morgan fingerprint density at radius 2 is 2.28 bits per heavy atom. The fourth-order valence-electron chi connectivity index (χ4n) is 1.56. The molecule has 0 unspecified atom stereocenters. The van der Waals surface area contributed by atoms with Crippen LogP contribution in [0.1, 0.15) is 17.5 Å². The van der Waals surface area contributed by atoms with Crippen LogP contribution in [0, 0.1) is 17.7 Å². The Kier molecular flexibility index (Phi) is 4.11. The Labute approximate surface area is 105 Å². The van der Waals surface area contributed by atoms with Crippen LogP contribution in [0.3, 0.4) is 0 Å². The molecular weight excluding hydrogens is 231 g/mol. The average Bonchev–Trinajstić information content (AvgIpc) is 2.86. The largest absolute Gasteiger partial charge is 0.395 e. The second-order valence-electron chi connectivity index (χ2n) is 3.79. The lowest BCUT2D eigenvalue weighted by atomic mass is 10.1. The van der Waals surface area contributed by atoms with Crippen LogP contribution in [-0.4, -0.2) is 21.5 Å². The van der Waals surface area contributed by atoms with Crippen LogP contribution in [0.5, 0.6) is 0 Å². The first-order valence-electron chi connectivity index (χ1n) is 5.65. The zero-order valence-corrected chi connectivity index (χ0v) is 9.81. The smallest absolute Gasteiger partial charge is 0.138 e. The molecule has 0 aliphatic heterocycles. The van der Waals surface area contributed by atoms with Crippen LogP contribution in [-0.2, 0) is 6.54 Å². The monoisotopic (exact) mass is 244 g/mol. The third-order valence-electron chi connectivity index (χ3n) is 2.39. The van der Waals surface area contributed by atoms with Crippen LogP contribution < -0.4 is 0 Å². The zero-order chi connectivity index (χ0) is 12.8. The summed E-state index contributed by atoms with van der Waals surface area (Å²) in [6.45, 7) is 0.573. The fraction of sp³-hybridized carbons (Fsp3) is 0.214. The van der Waals surface area contributed by atoms with Gasteiger partial charge >= 0.3 is 0 Å². The van der Waals surface area contributed by atoms with Crippen molar-refractivity contribution in [2.75, 3.05) is 6.61 Å². The van der Waals surface area contributed by atoms with Gasteiger partial charge in [-0.25, -0.2) is 4.39 Å². The number of halogens is 1. The lowest BCUT2D eigenvalue weighted by molar-refractivity contribution is 0.305. The summed E-state index contributed by atoms with van der Waals surface area (Å²) in [6, 6.07) is 6.67. The first-order chi connectivity index (χ1) is 8.79. The van der Waals surface area contributed by atoms with Crippen molar-refractivity contribution in [2.45, 2.75) is 13.0 Å². The normalized spacial score (nSPS) is 9.89. The molecule has 4 heteroatoms. The van der Waals surface area contributed by atoms with E-state index in [1.54, 1.807) is 23.0 Å². The maximum absolute atomic E-state index is 13.5. The summed E-state index contributed by atoms with van der Waals surface area (Å²) in [5, 5.41) is 12.7. The number of aliphatic hydroxyl groups excluding tert-OH is 1. The number of benzene rings is 1. The molecule has 0 saturated carbocycles. The lowest BCUT2D eigenvalue weighted by Gasteiger charge is -2.03. The van der Waals surface area contributed by atoms with Crippen molar-refractivity contribution < 1.29 is 9.50 Å². The number of hydrogen-bond donors (Lipinski definition) is 1. The minimum Gasteiger partial charge on any atom is -0.395 e. The van der Waals surface area contributed by atoms with Gasteiger partial charge in [-0.3, -0.25) is 4.68 Å². The second-order valence-corrected chi connectivity index (χ2v) is 3.79. The number of nitrogens with zero attached hydrogens (tertiary/aromatic N) is 2. The fourth-order valence-corrected chi connectivity index (χ4v) is 1.56. The van der Waals surface area contributed by atoms with Crippen molar-refractivity contribution >= 4 is 0 Å². The van der Waals surface area contributed by atoms with Crippen LogP contribution in [0.4, 0.5) is 4.39 Å². The lowest BCUT2D eigenvalue weighted by Crippen LogP contribution is -2.00. The van der Waals surface area contributed by atoms with Crippen molar-refractivity contribution in [1.82, 2.24) is 9.78 Å². The molecule has 3 nitrogen and oxygen atoms in total. The molecule has 0 spiro atoms. The molecule has 0 fully saturated rings. The van der Waals surface area contributed by atoms with Crippen molar-refractivity contribution in [3.8, 4) is 11.8 Å². The summed E-state index contributed by atoms with van der Waals surface area (Å²) in [5.41, 5.74) is 1.29. The molecule has 1 N–H and O–H groups in total. The molecule has 2 aromatic rings. The van der Waals surface area contributed by atoms with E-state index < -0.39 is 0 Å². The van der Waals surface area contributed by atoms with E-state index in [0.29, 0.717) is 18.5 Å². The van der Waals surface area contributed by atoms with Gasteiger partial charge < -0.3 is 5.11 Å². The molecule has 2 rings (SSSR count). The third kappa shape index (κ3) is 3.19. The highest BCUT2D eigenvalue weighted by Crippen LogP contribution is 2.10. The van der Waals surface area contributed by atoms with Gasteiger partial charge in [-0.15, -0.1) is 0 Å². The van der Waals surface area contributed by atoms with E-state index in [4.69, 9.17) is 5.11 Å². The molecule has 92 valence electrons. The van der Waals surface area contributed by atoms with Crippen molar-refractivity contribution in [3.05, 3.63) is 53.6 Å². The molecule has 0 amide bonds. The average molecular weight is 244 g/mol. The van der Waals surface area contributed by atoms with E-state index in [9.17, 15) is 4.39 Å².